The van der Waals surface area contributed by atoms with Crippen LogP contribution in [-0.2, 0) is 14.3 Å². The molecule has 0 bridgehead atoms. The van der Waals surface area contributed by atoms with E-state index in [1.807, 2.05) is 37.3 Å². The Morgan fingerprint density at radius 3 is 2.61 bits per heavy atom. The average Bonchev–Trinajstić information content (AvgIpc) is 2.91. The highest BCUT2D eigenvalue weighted by molar-refractivity contribution is 6.05. The number of benzene rings is 2. The molecule has 6 nitrogen and oxygen atoms in total. The number of hydrogen-bond acceptors (Lipinski definition) is 4. The third kappa shape index (κ3) is 6.69. The molecule has 2 amide bonds. The number of amides is 2. The largest absolute Gasteiger partial charge is 0.495 e. The third-order valence-electron chi connectivity index (χ3n) is 7.45. The molecule has 4 rings (SSSR count). The molecule has 1 N–H and O–H groups in total. The topological polar surface area (TPSA) is 71.0 Å². The van der Waals surface area contributed by atoms with E-state index in [0.717, 1.165) is 43.4 Å². The predicted octanol–water partition coefficient (Wildman–Crippen LogP) is 6.06. The number of rotatable bonds is 8. The molecule has 2 aromatic rings. The molecule has 2 aliphatic rings. The zero-order valence-corrected chi connectivity index (χ0v) is 22.6. The van der Waals surface area contributed by atoms with Gasteiger partial charge in [0.25, 0.3) is 0 Å². The van der Waals surface area contributed by atoms with Crippen molar-refractivity contribution in [2.75, 3.05) is 18.6 Å². The number of nitrogens with zero attached hydrogens (tertiary/aromatic N) is 2. The van der Waals surface area contributed by atoms with Crippen LogP contribution in [0.4, 0.5) is 10.1 Å². The van der Waals surface area contributed by atoms with Crippen LogP contribution >= 0.6 is 0 Å². The van der Waals surface area contributed by atoms with Crippen molar-refractivity contribution in [3.05, 3.63) is 77.3 Å². The smallest absolute Gasteiger partial charge is 0.249 e. The van der Waals surface area contributed by atoms with Gasteiger partial charge in [0.05, 0.1) is 12.8 Å². The van der Waals surface area contributed by atoms with Gasteiger partial charge in [0.15, 0.2) is 0 Å². The molecule has 0 radical (unpaired) electrons. The summed E-state index contributed by atoms with van der Waals surface area (Å²) < 4.78 is 19.9. The summed E-state index contributed by atoms with van der Waals surface area (Å²) in [5.74, 6) is -0.0561. The zero-order valence-electron chi connectivity index (χ0n) is 22.6. The first-order valence-corrected chi connectivity index (χ1v) is 13.6. The molecule has 1 saturated carbocycles. The Morgan fingerprint density at radius 2 is 1.89 bits per heavy atom. The molecule has 2 unspecified atom stereocenters. The van der Waals surface area contributed by atoms with Gasteiger partial charge in [0, 0.05) is 11.7 Å². The SMILES string of the molecule is COC1=CCC(C)CC1=NCC(=O)N(c1cccc(F)c1)C(C(=O)NC1CCCCC1)c1ccccc1C. The lowest BCUT2D eigenvalue weighted by Gasteiger charge is -2.34. The van der Waals surface area contributed by atoms with Gasteiger partial charge >= 0.3 is 0 Å². The van der Waals surface area contributed by atoms with Crippen molar-refractivity contribution in [3.63, 3.8) is 0 Å². The van der Waals surface area contributed by atoms with Crippen LogP contribution in [0.2, 0.25) is 0 Å². The molecule has 2 atom stereocenters. The van der Waals surface area contributed by atoms with Gasteiger partial charge in [-0.05, 0) is 73.9 Å². The maximum Gasteiger partial charge on any atom is 0.249 e. The Kier molecular flexibility index (Phi) is 9.32. The van der Waals surface area contributed by atoms with Crippen molar-refractivity contribution >= 4 is 23.2 Å². The third-order valence-corrected chi connectivity index (χ3v) is 7.45. The lowest BCUT2D eigenvalue weighted by atomic mass is 9.93. The molecule has 202 valence electrons. The summed E-state index contributed by atoms with van der Waals surface area (Å²) >= 11 is 0. The fraction of sp³-hybridized carbons (Fsp3) is 0.452. The Hall–Kier alpha value is -3.48. The fourth-order valence-corrected chi connectivity index (χ4v) is 5.40. The number of carbonyl (C=O) groups excluding carboxylic acids is 2. The number of ether oxygens (including phenoxy) is 1. The predicted molar refractivity (Wildman–Crippen MR) is 149 cm³/mol. The number of halogens is 1. The first-order valence-electron chi connectivity index (χ1n) is 13.6. The molecular formula is C31H38FN3O3. The molecule has 0 heterocycles. The highest BCUT2D eigenvalue weighted by atomic mass is 19.1. The number of hydrogen-bond donors (Lipinski definition) is 1. The molecule has 1 fully saturated rings. The van der Waals surface area contributed by atoms with Crippen LogP contribution in [0, 0.1) is 18.7 Å². The standard InChI is InChI=1S/C31H38FN3O3/c1-21-16-17-28(38-3)27(18-21)33-20-29(36)35(25-14-9-11-23(32)19-25)30(26-15-8-7-10-22(26)2)31(37)34-24-12-5-4-6-13-24/h7-11,14-15,17,19,21,24,30H,4-6,12-13,16,18,20H2,1-3H3,(H,34,37). The Bertz CT molecular complexity index is 1200. The number of methoxy groups -OCH3 is 1. The van der Waals surface area contributed by atoms with Crippen LogP contribution in [0.25, 0.3) is 0 Å². The fourth-order valence-electron chi connectivity index (χ4n) is 5.40. The Balaban J connectivity index is 1.74. The van der Waals surface area contributed by atoms with Gasteiger partial charge in [0.2, 0.25) is 11.8 Å². The van der Waals surface area contributed by atoms with Crippen LogP contribution in [0.15, 0.2) is 65.4 Å². The van der Waals surface area contributed by atoms with E-state index in [9.17, 15) is 14.0 Å². The van der Waals surface area contributed by atoms with Crippen LogP contribution in [0.1, 0.15) is 69.0 Å². The Labute approximate surface area is 225 Å². The molecule has 7 heteroatoms. The van der Waals surface area contributed by atoms with Crippen LogP contribution in [0.5, 0.6) is 0 Å². The van der Waals surface area contributed by atoms with Gasteiger partial charge in [0.1, 0.15) is 24.2 Å². The minimum atomic E-state index is -0.963. The molecule has 0 aromatic heterocycles. The summed E-state index contributed by atoms with van der Waals surface area (Å²) in [4.78, 5) is 34.0. The number of aliphatic imine (C=N–C) groups is 1. The molecule has 38 heavy (non-hydrogen) atoms. The van der Waals surface area contributed by atoms with E-state index in [2.05, 4.69) is 17.2 Å². The van der Waals surface area contributed by atoms with Crippen LogP contribution in [-0.4, -0.2) is 37.2 Å². The summed E-state index contributed by atoms with van der Waals surface area (Å²) in [5, 5.41) is 3.20. The first-order chi connectivity index (χ1) is 18.4. The maximum atomic E-state index is 14.4. The van der Waals surface area contributed by atoms with Gasteiger partial charge in [-0.15, -0.1) is 0 Å². The van der Waals surface area contributed by atoms with Gasteiger partial charge in [-0.25, -0.2) is 4.39 Å². The summed E-state index contributed by atoms with van der Waals surface area (Å²) in [5.41, 5.74) is 2.64. The van der Waals surface area contributed by atoms with Gasteiger partial charge in [-0.2, -0.15) is 0 Å². The number of carbonyl (C=O) groups is 2. The number of allylic oxidation sites excluding steroid dienone is 2. The highest BCUT2D eigenvalue weighted by Gasteiger charge is 2.35. The van der Waals surface area contributed by atoms with Gasteiger partial charge in [-0.1, -0.05) is 56.5 Å². The molecule has 2 aliphatic carbocycles. The van der Waals surface area contributed by atoms with E-state index in [0.29, 0.717) is 29.3 Å². The van der Waals surface area contributed by atoms with Crippen molar-refractivity contribution < 1.29 is 18.7 Å². The lowest BCUT2D eigenvalue weighted by Crippen LogP contribution is -2.48. The Morgan fingerprint density at radius 1 is 1.13 bits per heavy atom. The summed E-state index contributed by atoms with van der Waals surface area (Å²) in [6.07, 6.45) is 8.72. The molecule has 2 aromatic carbocycles. The first kappa shape index (κ1) is 27.6. The summed E-state index contributed by atoms with van der Waals surface area (Å²) in [6.45, 7) is 3.87. The van der Waals surface area contributed by atoms with Crippen LogP contribution in [0.3, 0.4) is 0 Å². The average molecular weight is 520 g/mol. The minimum absolute atomic E-state index is 0.0607. The number of anilines is 1. The second kappa shape index (κ2) is 12.9. The summed E-state index contributed by atoms with van der Waals surface area (Å²) in [7, 11) is 1.60. The van der Waals surface area contributed by atoms with E-state index in [-0.39, 0.29) is 24.4 Å². The van der Waals surface area contributed by atoms with Crippen molar-refractivity contribution in [1.82, 2.24) is 5.32 Å². The van der Waals surface area contributed by atoms with Crippen molar-refractivity contribution in [3.8, 4) is 0 Å². The number of aryl methyl sites for hydroxylation is 1. The number of nitrogens with one attached hydrogen (secondary N) is 1. The van der Waals surface area contributed by atoms with Crippen molar-refractivity contribution in [1.29, 1.82) is 0 Å². The second-order valence-corrected chi connectivity index (χ2v) is 10.4. The van der Waals surface area contributed by atoms with Crippen molar-refractivity contribution in [2.24, 2.45) is 10.9 Å². The monoisotopic (exact) mass is 519 g/mol. The van der Waals surface area contributed by atoms with Gasteiger partial charge < -0.3 is 10.1 Å². The lowest BCUT2D eigenvalue weighted by molar-refractivity contribution is -0.126. The summed E-state index contributed by atoms with van der Waals surface area (Å²) in [6, 6.07) is 12.5. The normalized spacial score (nSPS) is 19.9. The zero-order chi connectivity index (χ0) is 27.1. The van der Waals surface area contributed by atoms with E-state index >= 15 is 0 Å². The van der Waals surface area contributed by atoms with Gasteiger partial charge in [-0.3, -0.25) is 19.5 Å². The van der Waals surface area contributed by atoms with E-state index < -0.39 is 11.9 Å². The van der Waals surface area contributed by atoms with Crippen molar-refractivity contribution in [2.45, 2.75) is 70.9 Å². The van der Waals surface area contributed by atoms with E-state index in [1.165, 1.54) is 23.5 Å². The highest BCUT2D eigenvalue weighted by Crippen LogP contribution is 2.31. The molecule has 0 saturated heterocycles. The van der Waals surface area contributed by atoms with E-state index in [1.54, 1.807) is 19.2 Å². The quantitative estimate of drug-likeness (QED) is 0.461. The molecule has 0 aliphatic heterocycles. The molecular weight excluding hydrogens is 481 g/mol. The minimum Gasteiger partial charge on any atom is -0.495 e. The van der Waals surface area contributed by atoms with Crippen LogP contribution < -0.4 is 10.2 Å². The second-order valence-electron chi connectivity index (χ2n) is 10.4. The van der Waals surface area contributed by atoms with E-state index in [4.69, 9.17) is 4.74 Å². The maximum absolute atomic E-state index is 14.4. The molecule has 0 spiro atoms.